The molecule has 104 valence electrons. The van der Waals surface area contributed by atoms with Gasteiger partial charge in [-0.1, -0.05) is 12.1 Å². The van der Waals surface area contributed by atoms with Crippen molar-refractivity contribution in [2.45, 2.75) is 43.2 Å². The number of halogens is 1. The van der Waals surface area contributed by atoms with Crippen LogP contribution in [-0.4, -0.2) is 30.8 Å². The monoisotopic (exact) mass is 281 g/mol. The SMILES string of the molecule is C[NH+]1CC[C@]23CCC[C@H]1[C@H]2Oc1c(O)cccc13.[Cl-]. The molecule has 4 rings (SSSR count). The van der Waals surface area contributed by atoms with Gasteiger partial charge < -0.3 is 27.2 Å². The lowest BCUT2D eigenvalue weighted by atomic mass is 9.62. The lowest BCUT2D eigenvalue weighted by Gasteiger charge is -2.48. The molecule has 3 nitrogen and oxygen atoms in total. The average Bonchev–Trinajstić information content (AvgIpc) is 2.72. The number of nitrogens with one attached hydrogen (secondary N) is 1. The van der Waals surface area contributed by atoms with Gasteiger partial charge in [0.2, 0.25) is 0 Å². The zero-order chi connectivity index (χ0) is 12.3. The Bertz CT molecular complexity index is 507. The second-order valence-electron chi connectivity index (χ2n) is 6.19. The highest BCUT2D eigenvalue weighted by atomic mass is 35.5. The second kappa shape index (κ2) is 4.29. The van der Waals surface area contributed by atoms with Crippen LogP contribution in [-0.2, 0) is 5.41 Å². The molecule has 4 heteroatoms. The Morgan fingerprint density at radius 2 is 2.21 bits per heavy atom. The number of benzene rings is 1. The Labute approximate surface area is 120 Å². The summed E-state index contributed by atoms with van der Waals surface area (Å²) in [5.41, 5.74) is 1.46. The normalized spacial score (nSPS) is 38.7. The number of phenolic OH excluding ortho intramolecular Hbond substituents is 1. The Morgan fingerprint density at radius 3 is 3.05 bits per heavy atom. The topological polar surface area (TPSA) is 33.9 Å². The van der Waals surface area contributed by atoms with Crippen molar-refractivity contribution in [1.82, 2.24) is 0 Å². The second-order valence-corrected chi connectivity index (χ2v) is 6.19. The zero-order valence-corrected chi connectivity index (χ0v) is 11.9. The third-order valence-corrected chi connectivity index (χ3v) is 5.42. The van der Waals surface area contributed by atoms with Crippen molar-refractivity contribution in [2.75, 3.05) is 13.6 Å². The molecule has 3 aliphatic rings. The average molecular weight is 282 g/mol. The number of likely N-dealkylation sites (tertiary alicyclic amines) is 1. The van der Waals surface area contributed by atoms with Gasteiger partial charge in [-0.2, -0.15) is 0 Å². The third kappa shape index (κ3) is 1.55. The maximum atomic E-state index is 10.0. The number of quaternary nitrogens is 1. The number of hydrogen-bond acceptors (Lipinski definition) is 2. The fourth-order valence-electron chi connectivity index (χ4n) is 4.48. The molecule has 19 heavy (non-hydrogen) atoms. The van der Waals surface area contributed by atoms with E-state index in [1.54, 1.807) is 11.0 Å². The number of hydrogen-bond donors (Lipinski definition) is 2. The first kappa shape index (κ1) is 13.1. The van der Waals surface area contributed by atoms with E-state index < -0.39 is 0 Å². The van der Waals surface area contributed by atoms with Crippen LogP contribution in [0.1, 0.15) is 31.2 Å². The number of ether oxygens (including phenoxy) is 1. The summed E-state index contributed by atoms with van der Waals surface area (Å²) in [5.74, 6) is 1.09. The van der Waals surface area contributed by atoms with Crippen LogP contribution in [0.2, 0.25) is 0 Å². The van der Waals surface area contributed by atoms with E-state index in [0.29, 0.717) is 11.8 Å². The molecule has 1 saturated heterocycles. The molecule has 0 radical (unpaired) electrons. The molecule has 1 aromatic carbocycles. The molecule has 1 aliphatic carbocycles. The van der Waals surface area contributed by atoms with Crippen LogP contribution in [0.4, 0.5) is 0 Å². The highest BCUT2D eigenvalue weighted by molar-refractivity contribution is 5.54. The van der Waals surface area contributed by atoms with Crippen molar-refractivity contribution >= 4 is 0 Å². The first-order chi connectivity index (χ1) is 8.72. The van der Waals surface area contributed by atoms with Gasteiger partial charge >= 0.3 is 0 Å². The van der Waals surface area contributed by atoms with Gasteiger partial charge in [-0.25, -0.2) is 0 Å². The molecule has 2 N–H and O–H groups in total. The summed E-state index contributed by atoms with van der Waals surface area (Å²) in [7, 11) is 2.28. The fourth-order valence-corrected chi connectivity index (χ4v) is 4.48. The summed E-state index contributed by atoms with van der Waals surface area (Å²) in [6, 6.07) is 6.47. The first-order valence-electron chi connectivity index (χ1n) is 7.04. The fraction of sp³-hybridized carbons (Fsp3) is 0.600. The van der Waals surface area contributed by atoms with Gasteiger partial charge in [0.25, 0.3) is 0 Å². The number of para-hydroxylation sites is 1. The zero-order valence-electron chi connectivity index (χ0n) is 11.2. The molecule has 2 aliphatic heterocycles. The first-order valence-corrected chi connectivity index (χ1v) is 7.04. The van der Waals surface area contributed by atoms with Gasteiger partial charge in [0.15, 0.2) is 17.6 Å². The summed E-state index contributed by atoms with van der Waals surface area (Å²) in [4.78, 5) is 1.60. The highest BCUT2D eigenvalue weighted by Gasteiger charge is 2.59. The van der Waals surface area contributed by atoms with E-state index >= 15 is 0 Å². The van der Waals surface area contributed by atoms with E-state index in [2.05, 4.69) is 13.1 Å². The largest absolute Gasteiger partial charge is 1.00 e. The lowest BCUT2D eigenvalue weighted by Crippen LogP contribution is -3.17. The van der Waals surface area contributed by atoms with Crippen molar-refractivity contribution in [3.05, 3.63) is 23.8 Å². The summed E-state index contributed by atoms with van der Waals surface area (Å²) >= 11 is 0. The van der Waals surface area contributed by atoms with E-state index in [1.165, 1.54) is 37.8 Å². The molecule has 1 aromatic rings. The minimum absolute atomic E-state index is 0. The van der Waals surface area contributed by atoms with E-state index in [1.807, 2.05) is 6.07 Å². The molecule has 2 bridgehead atoms. The number of rotatable bonds is 0. The molecule has 4 atom stereocenters. The maximum absolute atomic E-state index is 10.0. The standard InChI is InChI=1S/C15H19NO2.ClH/c1-16-9-8-15-7-3-5-11(16)14(15)18-13-10(15)4-2-6-12(13)17;/h2,4,6,11,14,17H,3,5,7-9H2,1H3;1H/t11-,14+,15-;/m0./s1. The van der Waals surface area contributed by atoms with Gasteiger partial charge in [0.05, 0.1) is 13.6 Å². The van der Waals surface area contributed by atoms with Crippen molar-refractivity contribution in [2.24, 2.45) is 0 Å². The Morgan fingerprint density at radius 1 is 1.37 bits per heavy atom. The van der Waals surface area contributed by atoms with Gasteiger partial charge in [-0.15, -0.1) is 0 Å². The quantitative estimate of drug-likeness (QED) is 0.570. The predicted molar refractivity (Wildman–Crippen MR) is 68.2 cm³/mol. The minimum Gasteiger partial charge on any atom is -1.00 e. The van der Waals surface area contributed by atoms with E-state index in [9.17, 15) is 5.11 Å². The lowest BCUT2D eigenvalue weighted by molar-refractivity contribution is -0.918. The number of likely N-dealkylation sites (N-methyl/N-ethyl adjacent to an activating group) is 1. The molecule has 2 heterocycles. The number of aromatic hydroxyl groups is 1. The molecule has 1 saturated carbocycles. The maximum Gasteiger partial charge on any atom is 0.165 e. The van der Waals surface area contributed by atoms with Crippen molar-refractivity contribution in [3.8, 4) is 11.5 Å². The Balaban J connectivity index is 0.00000110. The van der Waals surface area contributed by atoms with Crippen LogP contribution in [0.25, 0.3) is 0 Å². The van der Waals surface area contributed by atoms with Crippen molar-refractivity contribution < 1.29 is 27.2 Å². The highest BCUT2D eigenvalue weighted by Crippen LogP contribution is 2.55. The van der Waals surface area contributed by atoms with E-state index in [4.69, 9.17) is 4.74 Å². The Kier molecular flexibility index (Phi) is 2.95. The molecule has 0 aromatic heterocycles. The molecular weight excluding hydrogens is 262 g/mol. The van der Waals surface area contributed by atoms with Crippen LogP contribution in [0.5, 0.6) is 11.5 Å². The summed E-state index contributed by atoms with van der Waals surface area (Å²) in [6.07, 6.45) is 5.24. The molecule has 0 spiro atoms. The van der Waals surface area contributed by atoms with Crippen molar-refractivity contribution in [3.63, 3.8) is 0 Å². The van der Waals surface area contributed by atoms with Crippen LogP contribution in [0.15, 0.2) is 18.2 Å². The van der Waals surface area contributed by atoms with Crippen molar-refractivity contribution in [1.29, 1.82) is 0 Å². The van der Waals surface area contributed by atoms with Gasteiger partial charge in [-0.05, 0) is 18.9 Å². The molecule has 0 amide bonds. The van der Waals surface area contributed by atoms with Gasteiger partial charge in [0.1, 0.15) is 6.04 Å². The Hall–Kier alpha value is -0.930. The van der Waals surface area contributed by atoms with Crippen LogP contribution < -0.4 is 22.0 Å². The number of fused-ring (bicyclic) bond motifs is 1. The third-order valence-electron chi connectivity index (χ3n) is 5.42. The van der Waals surface area contributed by atoms with Gasteiger partial charge in [0, 0.05) is 23.8 Å². The summed E-state index contributed by atoms with van der Waals surface area (Å²) in [5, 5.41) is 10.0. The number of piperidine rings is 1. The number of phenols is 1. The smallest absolute Gasteiger partial charge is 0.165 e. The predicted octanol–water partition coefficient (Wildman–Crippen LogP) is -2.13. The van der Waals surface area contributed by atoms with Crippen LogP contribution in [0.3, 0.4) is 0 Å². The van der Waals surface area contributed by atoms with Crippen LogP contribution >= 0.6 is 0 Å². The molecule has 1 unspecified atom stereocenters. The summed E-state index contributed by atoms with van der Waals surface area (Å²) < 4.78 is 6.20. The molecule has 2 fully saturated rings. The summed E-state index contributed by atoms with van der Waals surface area (Å²) in [6.45, 7) is 1.22. The van der Waals surface area contributed by atoms with Crippen LogP contribution in [0, 0.1) is 0 Å². The van der Waals surface area contributed by atoms with E-state index in [-0.39, 0.29) is 23.9 Å². The molecular formula is C15H20ClNO2. The minimum atomic E-state index is 0. The van der Waals surface area contributed by atoms with E-state index in [0.717, 1.165) is 5.75 Å². The van der Waals surface area contributed by atoms with Gasteiger partial charge in [-0.3, -0.25) is 0 Å².